The lowest BCUT2D eigenvalue weighted by Gasteiger charge is -2.33. The molecule has 1 aliphatic rings. The number of rotatable bonds is 6. The number of ether oxygens (including phenoxy) is 1. The predicted octanol–water partition coefficient (Wildman–Crippen LogP) is 3.48. The molecule has 29 heavy (non-hydrogen) atoms. The molecule has 1 aromatic carbocycles. The van der Waals surface area contributed by atoms with Gasteiger partial charge in [0.2, 0.25) is 5.91 Å². The SMILES string of the molecule is CCOC(=O)N1CCC(NC(=O)[C@@H](NC(=O)c2ccc(Cl)cc2Cl)C(C)C)CC1. The fourth-order valence-corrected chi connectivity index (χ4v) is 3.63. The van der Waals surface area contributed by atoms with Crippen LogP contribution in [0.4, 0.5) is 4.79 Å². The molecule has 1 aromatic rings. The molecule has 1 heterocycles. The first-order valence-electron chi connectivity index (χ1n) is 9.70. The maximum Gasteiger partial charge on any atom is 0.409 e. The zero-order valence-corrected chi connectivity index (χ0v) is 18.3. The van der Waals surface area contributed by atoms with E-state index in [0.717, 1.165) is 0 Å². The van der Waals surface area contributed by atoms with Crippen LogP contribution < -0.4 is 10.6 Å². The molecule has 0 saturated carbocycles. The van der Waals surface area contributed by atoms with Gasteiger partial charge in [-0.15, -0.1) is 0 Å². The van der Waals surface area contributed by atoms with E-state index in [9.17, 15) is 14.4 Å². The van der Waals surface area contributed by atoms with Crippen LogP contribution in [-0.4, -0.2) is 54.6 Å². The zero-order valence-electron chi connectivity index (χ0n) is 16.8. The smallest absolute Gasteiger partial charge is 0.409 e. The van der Waals surface area contributed by atoms with Gasteiger partial charge in [-0.3, -0.25) is 9.59 Å². The van der Waals surface area contributed by atoms with Crippen LogP contribution in [0.3, 0.4) is 0 Å². The highest BCUT2D eigenvalue weighted by molar-refractivity contribution is 6.36. The molecule has 1 fully saturated rings. The predicted molar refractivity (Wildman–Crippen MR) is 112 cm³/mol. The van der Waals surface area contributed by atoms with Crippen LogP contribution in [0.1, 0.15) is 44.0 Å². The number of benzene rings is 1. The summed E-state index contributed by atoms with van der Waals surface area (Å²) < 4.78 is 5.00. The molecule has 0 spiro atoms. The van der Waals surface area contributed by atoms with E-state index in [2.05, 4.69) is 10.6 Å². The summed E-state index contributed by atoms with van der Waals surface area (Å²) in [6.45, 7) is 6.85. The Morgan fingerprint density at radius 1 is 1.21 bits per heavy atom. The summed E-state index contributed by atoms with van der Waals surface area (Å²) in [5, 5.41) is 6.40. The average molecular weight is 444 g/mol. The first-order chi connectivity index (χ1) is 13.7. The van der Waals surface area contributed by atoms with Gasteiger partial charge in [0.25, 0.3) is 5.91 Å². The minimum Gasteiger partial charge on any atom is -0.450 e. The average Bonchev–Trinajstić information content (AvgIpc) is 2.66. The van der Waals surface area contributed by atoms with Gasteiger partial charge in [0.15, 0.2) is 0 Å². The lowest BCUT2D eigenvalue weighted by molar-refractivity contribution is -0.124. The molecular weight excluding hydrogens is 417 g/mol. The molecule has 3 amide bonds. The zero-order chi connectivity index (χ0) is 21.6. The van der Waals surface area contributed by atoms with Gasteiger partial charge < -0.3 is 20.3 Å². The van der Waals surface area contributed by atoms with Crippen LogP contribution in [-0.2, 0) is 9.53 Å². The van der Waals surface area contributed by atoms with Crippen LogP contribution in [0.5, 0.6) is 0 Å². The molecule has 9 heteroatoms. The van der Waals surface area contributed by atoms with Crippen molar-refractivity contribution >= 4 is 41.1 Å². The van der Waals surface area contributed by atoms with Crippen molar-refractivity contribution in [2.24, 2.45) is 5.92 Å². The number of likely N-dealkylation sites (tertiary alicyclic amines) is 1. The van der Waals surface area contributed by atoms with Crippen LogP contribution in [0.15, 0.2) is 18.2 Å². The number of hydrogen-bond acceptors (Lipinski definition) is 4. The summed E-state index contributed by atoms with van der Waals surface area (Å²) in [5.41, 5.74) is 0.261. The quantitative estimate of drug-likeness (QED) is 0.703. The number of carbonyl (C=O) groups is 3. The van der Waals surface area contributed by atoms with Crippen molar-refractivity contribution in [3.8, 4) is 0 Å². The van der Waals surface area contributed by atoms with Gasteiger partial charge in [0, 0.05) is 24.2 Å². The summed E-state index contributed by atoms with van der Waals surface area (Å²) in [7, 11) is 0. The Hall–Kier alpha value is -1.99. The Morgan fingerprint density at radius 2 is 1.86 bits per heavy atom. The second-order valence-electron chi connectivity index (χ2n) is 7.29. The molecule has 2 N–H and O–H groups in total. The third kappa shape index (κ3) is 6.51. The standard InChI is InChI=1S/C20H27Cl2N3O4/c1-4-29-20(28)25-9-7-14(8-10-25)23-19(27)17(12(2)3)24-18(26)15-6-5-13(21)11-16(15)22/h5-6,11-12,14,17H,4,7-10H2,1-3H3,(H,23,27)(H,24,26)/t17-/m0/s1. The summed E-state index contributed by atoms with van der Waals surface area (Å²) in [5.74, 6) is -0.810. The van der Waals surface area contributed by atoms with Gasteiger partial charge in [-0.1, -0.05) is 37.0 Å². The largest absolute Gasteiger partial charge is 0.450 e. The Balaban J connectivity index is 1.94. The molecule has 1 saturated heterocycles. The Bertz CT molecular complexity index is 749. The maximum absolute atomic E-state index is 12.8. The normalized spacial score (nSPS) is 15.7. The number of hydrogen-bond donors (Lipinski definition) is 2. The van der Waals surface area contributed by atoms with Crippen molar-refractivity contribution in [3.63, 3.8) is 0 Å². The van der Waals surface area contributed by atoms with Crippen molar-refractivity contribution in [2.75, 3.05) is 19.7 Å². The molecule has 0 unspecified atom stereocenters. The lowest BCUT2D eigenvalue weighted by Crippen LogP contribution is -2.54. The molecule has 160 valence electrons. The molecular formula is C20H27Cl2N3O4. The van der Waals surface area contributed by atoms with E-state index < -0.39 is 11.9 Å². The first-order valence-corrected chi connectivity index (χ1v) is 10.5. The van der Waals surface area contributed by atoms with E-state index in [1.54, 1.807) is 17.9 Å². The van der Waals surface area contributed by atoms with Crippen molar-refractivity contribution in [2.45, 2.75) is 45.7 Å². The fraction of sp³-hybridized carbons (Fsp3) is 0.550. The summed E-state index contributed by atoms with van der Waals surface area (Å²) >= 11 is 12.0. The van der Waals surface area contributed by atoms with E-state index in [0.29, 0.717) is 37.6 Å². The van der Waals surface area contributed by atoms with Crippen molar-refractivity contribution in [1.82, 2.24) is 15.5 Å². The second kappa shape index (κ2) is 10.7. The number of piperidine rings is 1. The highest BCUT2D eigenvalue weighted by Crippen LogP contribution is 2.21. The maximum atomic E-state index is 12.8. The van der Waals surface area contributed by atoms with Gasteiger partial charge in [0.05, 0.1) is 17.2 Å². The molecule has 2 rings (SSSR count). The number of carbonyl (C=O) groups excluding carboxylic acids is 3. The van der Waals surface area contributed by atoms with Crippen LogP contribution in [0, 0.1) is 5.92 Å². The topological polar surface area (TPSA) is 87.7 Å². The highest BCUT2D eigenvalue weighted by Gasteiger charge is 2.29. The third-order valence-electron chi connectivity index (χ3n) is 4.78. The van der Waals surface area contributed by atoms with Crippen molar-refractivity contribution < 1.29 is 19.1 Å². The molecule has 0 aliphatic carbocycles. The van der Waals surface area contributed by atoms with E-state index in [1.165, 1.54) is 12.1 Å². The highest BCUT2D eigenvalue weighted by atomic mass is 35.5. The van der Waals surface area contributed by atoms with E-state index in [1.807, 2.05) is 13.8 Å². The fourth-order valence-electron chi connectivity index (χ4n) is 3.14. The van der Waals surface area contributed by atoms with Crippen LogP contribution in [0.25, 0.3) is 0 Å². The Morgan fingerprint density at radius 3 is 2.41 bits per heavy atom. The van der Waals surface area contributed by atoms with Gasteiger partial charge >= 0.3 is 6.09 Å². The number of halogens is 2. The minimum absolute atomic E-state index is 0.0644. The van der Waals surface area contributed by atoms with Crippen LogP contribution >= 0.6 is 23.2 Å². The third-order valence-corrected chi connectivity index (χ3v) is 5.33. The van der Waals surface area contributed by atoms with Gasteiger partial charge in [-0.25, -0.2) is 4.79 Å². The van der Waals surface area contributed by atoms with Gasteiger partial charge in [-0.05, 0) is 43.9 Å². The summed E-state index contributed by atoms with van der Waals surface area (Å²) in [6.07, 6.45) is 0.933. The molecule has 0 radical (unpaired) electrons. The molecule has 0 bridgehead atoms. The van der Waals surface area contributed by atoms with Crippen molar-refractivity contribution in [3.05, 3.63) is 33.8 Å². The summed E-state index contributed by atoms with van der Waals surface area (Å²) in [6, 6.07) is 3.81. The monoisotopic (exact) mass is 443 g/mol. The number of amides is 3. The minimum atomic E-state index is -0.711. The van der Waals surface area contributed by atoms with Crippen LogP contribution in [0.2, 0.25) is 10.0 Å². The first kappa shape index (κ1) is 23.3. The van der Waals surface area contributed by atoms with Gasteiger partial charge in [0.1, 0.15) is 6.04 Å². The summed E-state index contributed by atoms with van der Waals surface area (Å²) in [4.78, 5) is 38.8. The second-order valence-corrected chi connectivity index (χ2v) is 8.13. The van der Waals surface area contributed by atoms with E-state index in [-0.39, 0.29) is 34.5 Å². The molecule has 1 aliphatic heterocycles. The lowest BCUT2D eigenvalue weighted by atomic mass is 10.00. The Labute approximate surface area is 181 Å². The number of nitrogens with one attached hydrogen (secondary N) is 2. The van der Waals surface area contributed by atoms with E-state index >= 15 is 0 Å². The molecule has 1 atom stereocenters. The Kier molecular flexibility index (Phi) is 8.59. The molecule has 0 aromatic heterocycles. The molecule has 7 nitrogen and oxygen atoms in total. The van der Waals surface area contributed by atoms with Gasteiger partial charge in [-0.2, -0.15) is 0 Å². The number of nitrogens with zero attached hydrogens (tertiary/aromatic N) is 1. The van der Waals surface area contributed by atoms with E-state index in [4.69, 9.17) is 27.9 Å². The van der Waals surface area contributed by atoms with Crippen molar-refractivity contribution in [1.29, 1.82) is 0 Å².